The van der Waals surface area contributed by atoms with Gasteiger partial charge in [0.25, 0.3) is 0 Å². The van der Waals surface area contributed by atoms with Gasteiger partial charge in [0.2, 0.25) is 0 Å². The van der Waals surface area contributed by atoms with E-state index in [9.17, 15) is 0 Å². The van der Waals surface area contributed by atoms with Crippen molar-refractivity contribution in [2.24, 2.45) is 5.92 Å². The first-order valence-corrected chi connectivity index (χ1v) is 6.47. The Balaban J connectivity index is 1.74. The predicted octanol–water partition coefficient (Wildman–Crippen LogP) is 4.79. The lowest BCUT2D eigenvalue weighted by molar-refractivity contribution is 0.361. The van der Waals surface area contributed by atoms with Crippen molar-refractivity contribution in [3.63, 3.8) is 0 Å². The van der Waals surface area contributed by atoms with Crippen LogP contribution in [0, 0.1) is 5.92 Å². The van der Waals surface area contributed by atoms with Crippen LogP contribution in [0.4, 0.5) is 0 Å². The third-order valence-corrected chi connectivity index (χ3v) is 3.57. The lowest BCUT2D eigenvalue weighted by Gasteiger charge is -2.19. The highest BCUT2D eigenvalue weighted by Crippen LogP contribution is 2.26. The second-order valence-corrected chi connectivity index (χ2v) is 4.85. The van der Waals surface area contributed by atoms with Gasteiger partial charge in [-0.15, -0.1) is 0 Å². The van der Waals surface area contributed by atoms with E-state index in [4.69, 9.17) is 0 Å². The molecule has 0 spiro atoms. The molecule has 0 aromatic heterocycles. The van der Waals surface area contributed by atoms with Crippen molar-refractivity contribution >= 4 is 0 Å². The molecule has 0 saturated heterocycles. The van der Waals surface area contributed by atoms with E-state index in [0.717, 1.165) is 5.92 Å². The van der Waals surface area contributed by atoms with Gasteiger partial charge in [-0.2, -0.15) is 0 Å². The minimum Gasteiger partial charge on any atom is -0.0842 e. The number of rotatable bonds is 3. The molecule has 0 amide bonds. The Morgan fingerprint density at radius 2 is 2.07 bits per heavy atom. The average molecular weight is 202 g/mol. The fraction of sp³-hybridized carbons (Fsp3) is 0.600. The van der Waals surface area contributed by atoms with Gasteiger partial charge in [0.05, 0.1) is 0 Å². The molecule has 0 aliphatic heterocycles. The molecule has 0 aromatic rings. The quantitative estimate of drug-likeness (QED) is 0.617. The molecular weight excluding hydrogens is 180 g/mol. The van der Waals surface area contributed by atoms with Crippen molar-refractivity contribution < 1.29 is 0 Å². The fourth-order valence-electron chi connectivity index (χ4n) is 2.59. The highest BCUT2D eigenvalue weighted by Gasteiger charge is 2.11. The average Bonchev–Trinajstić information content (AvgIpc) is 2.32. The fourth-order valence-corrected chi connectivity index (χ4v) is 2.59. The molecule has 0 atom stereocenters. The van der Waals surface area contributed by atoms with Gasteiger partial charge in [-0.3, -0.25) is 0 Å². The van der Waals surface area contributed by atoms with Crippen LogP contribution >= 0.6 is 0 Å². The molecule has 0 unspecified atom stereocenters. The standard InChI is InChI=1S/C15H22/c1-3-8-14(9-4-1)12-7-13-15-10-5-2-6-11-15/h1,3,7-8,12,15H,2,4-6,9-11,13H2/b12-7+. The minimum atomic E-state index is 0.981. The minimum absolute atomic E-state index is 0.981. The highest BCUT2D eigenvalue weighted by molar-refractivity contribution is 5.27. The summed E-state index contributed by atoms with van der Waals surface area (Å²) in [5.74, 6) is 0.981. The molecule has 0 radical (unpaired) electrons. The second kappa shape index (κ2) is 5.95. The van der Waals surface area contributed by atoms with Crippen molar-refractivity contribution in [3.8, 4) is 0 Å². The highest BCUT2D eigenvalue weighted by atomic mass is 14.2. The second-order valence-electron chi connectivity index (χ2n) is 4.85. The van der Waals surface area contributed by atoms with E-state index in [1.807, 2.05) is 0 Å². The van der Waals surface area contributed by atoms with Gasteiger partial charge in [0.15, 0.2) is 0 Å². The Bertz CT molecular complexity index is 262. The lowest BCUT2D eigenvalue weighted by atomic mass is 9.87. The molecule has 0 heteroatoms. The van der Waals surface area contributed by atoms with Gasteiger partial charge < -0.3 is 0 Å². The van der Waals surface area contributed by atoms with E-state index in [0.29, 0.717) is 0 Å². The van der Waals surface area contributed by atoms with Gasteiger partial charge in [-0.05, 0) is 30.8 Å². The Morgan fingerprint density at radius 3 is 2.80 bits per heavy atom. The molecule has 0 heterocycles. The van der Waals surface area contributed by atoms with Gasteiger partial charge >= 0.3 is 0 Å². The predicted molar refractivity (Wildman–Crippen MR) is 66.8 cm³/mol. The van der Waals surface area contributed by atoms with E-state index in [2.05, 4.69) is 30.4 Å². The SMILES string of the molecule is C1=CCCC(/C=C/CC2CCCCC2)=C1. The molecule has 15 heavy (non-hydrogen) atoms. The summed E-state index contributed by atoms with van der Waals surface area (Å²) >= 11 is 0. The molecule has 0 aromatic carbocycles. The molecule has 1 fully saturated rings. The third kappa shape index (κ3) is 3.70. The maximum Gasteiger partial charge on any atom is -0.0244 e. The lowest BCUT2D eigenvalue weighted by Crippen LogP contribution is -2.04. The molecule has 1 saturated carbocycles. The van der Waals surface area contributed by atoms with Crippen LogP contribution in [0.5, 0.6) is 0 Å². The summed E-state index contributed by atoms with van der Waals surface area (Å²) in [6.45, 7) is 0. The molecule has 0 N–H and O–H groups in total. The van der Waals surface area contributed by atoms with Crippen LogP contribution < -0.4 is 0 Å². The van der Waals surface area contributed by atoms with Crippen LogP contribution in [0.2, 0.25) is 0 Å². The van der Waals surface area contributed by atoms with Crippen LogP contribution in [0.1, 0.15) is 51.4 Å². The molecular formula is C15H22. The number of hydrogen-bond donors (Lipinski definition) is 0. The zero-order valence-corrected chi connectivity index (χ0v) is 9.62. The topological polar surface area (TPSA) is 0 Å². The number of allylic oxidation sites excluding steroid dienone is 6. The largest absolute Gasteiger partial charge is 0.0842 e. The van der Waals surface area contributed by atoms with Gasteiger partial charge in [0.1, 0.15) is 0 Å². The van der Waals surface area contributed by atoms with Crippen LogP contribution in [-0.4, -0.2) is 0 Å². The van der Waals surface area contributed by atoms with Crippen molar-refractivity contribution in [2.45, 2.75) is 51.4 Å². The maximum atomic E-state index is 2.40. The molecule has 0 nitrogen and oxygen atoms in total. The third-order valence-electron chi connectivity index (χ3n) is 3.57. The Labute approximate surface area is 93.8 Å². The first-order chi connectivity index (χ1) is 7.45. The molecule has 2 rings (SSSR count). The van der Waals surface area contributed by atoms with Crippen LogP contribution in [0.15, 0.2) is 36.0 Å². The van der Waals surface area contributed by atoms with E-state index in [-0.39, 0.29) is 0 Å². The molecule has 0 bridgehead atoms. The van der Waals surface area contributed by atoms with Gasteiger partial charge in [-0.1, -0.05) is 62.5 Å². The van der Waals surface area contributed by atoms with Crippen LogP contribution in [0.3, 0.4) is 0 Å². The van der Waals surface area contributed by atoms with E-state index in [1.54, 1.807) is 0 Å². The number of hydrogen-bond acceptors (Lipinski definition) is 0. The summed E-state index contributed by atoms with van der Waals surface area (Å²) in [6, 6.07) is 0. The first kappa shape index (κ1) is 10.7. The van der Waals surface area contributed by atoms with Gasteiger partial charge in [0, 0.05) is 0 Å². The summed E-state index contributed by atoms with van der Waals surface area (Å²) in [6.07, 6.45) is 22.5. The first-order valence-electron chi connectivity index (χ1n) is 6.47. The summed E-state index contributed by atoms with van der Waals surface area (Å²) in [4.78, 5) is 0. The van der Waals surface area contributed by atoms with Crippen molar-refractivity contribution in [1.29, 1.82) is 0 Å². The smallest absolute Gasteiger partial charge is 0.0244 e. The van der Waals surface area contributed by atoms with Gasteiger partial charge in [-0.25, -0.2) is 0 Å². The van der Waals surface area contributed by atoms with Crippen molar-refractivity contribution in [3.05, 3.63) is 36.0 Å². The Hall–Kier alpha value is -0.780. The summed E-state index contributed by atoms with van der Waals surface area (Å²) < 4.78 is 0. The van der Waals surface area contributed by atoms with E-state index < -0.39 is 0 Å². The zero-order chi connectivity index (χ0) is 10.3. The van der Waals surface area contributed by atoms with E-state index in [1.165, 1.54) is 56.9 Å². The summed E-state index contributed by atoms with van der Waals surface area (Å²) in [5.41, 5.74) is 1.51. The summed E-state index contributed by atoms with van der Waals surface area (Å²) in [7, 11) is 0. The Morgan fingerprint density at radius 1 is 1.20 bits per heavy atom. The zero-order valence-electron chi connectivity index (χ0n) is 9.62. The van der Waals surface area contributed by atoms with Crippen LogP contribution in [-0.2, 0) is 0 Å². The Kier molecular flexibility index (Phi) is 4.25. The monoisotopic (exact) mass is 202 g/mol. The molecule has 82 valence electrons. The molecule has 2 aliphatic carbocycles. The van der Waals surface area contributed by atoms with Crippen molar-refractivity contribution in [2.75, 3.05) is 0 Å². The summed E-state index contributed by atoms with van der Waals surface area (Å²) in [5, 5.41) is 0. The van der Waals surface area contributed by atoms with E-state index >= 15 is 0 Å². The van der Waals surface area contributed by atoms with Crippen molar-refractivity contribution in [1.82, 2.24) is 0 Å². The van der Waals surface area contributed by atoms with Crippen LogP contribution in [0.25, 0.3) is 0 Å². The molecule has 2 aliphatic rings. The normalized spacial score (nSPS) is 23.3. The maximum absolute atomic E-state index is 2.40.